The standard InChI is InChI=1S/C16H28O14/c17-1-6-8(21)9(22)11(24)16(28-6)29-12-5(19)3-26-14(25)13(12)30-15-10(23)7(20)4(18)2-27-15/h4-25H,1-3H2/t4-,5-,6+,7-,8+,9-,10+,11+,12-,13+,14+,15-,16-/m0/s1. The molecule has 0 bridgehead atoms. The molecular formula is C16H28O14. The van der Waals surface area contributed by atoms with Gasteiger partial charge in [-0.25, -0.2) is 0 Å². The molecule has 0 aromatic carbocycles. The molecule has 0 spiro atoms. The predicted octanol–water partition coefficient (Wildman–Crippen LogP) is -6.29. The minimum atomic E-state index is -1.77. The highest BCUT2D eigenvalue weighted by atomic mass is 16.8. The van der Waals surface area contributed by atoms with Crippen LogP contribution in [0.1, 0.15) is 0 Å². The van der Waals surface area contributed by atoms with Crippen molar-refractivity contribution in [3.63, 3.8) is 0 Å². The summed E-state index contributed by atoms with van der Waals surface area (Å²) in [6, 6.07) is 0. The Balaban J connectivity index is 1.73. The van der Waals surface area contributed by atoms with E-state index in [2.05, 4.69) is 0 Å². The first-order valence-corrected chi connectivity index (χ1v) is 9.40. The molecule has 0 unspecified atom stereocenters. The number of aliphatic hydroxyl groups excluding tert-OH is 9. The highest BCUT2D eigenvalue weighted by molar-refractivity contribution is 4.93. The van der Waals surface area contributed by atoms with Crippen LogP contribution in [0.15, 0.2) is 0 Å². The molecule has 14 heteroatoms. The van der Waals surface area contributed by atoms with Gasteiger partial charge in [-0.05, 0) is 0 Å². The predicted molar refractivity (Wildman–Crippen MR) is 89.2 cm³/mol. The van der Waals surface area contributed by atoms with Crippen LogP contribution in [0.5, 0.6) is 0 Å². The Kier molecular flexibility index (Phi) is 7.97. The first-order valence-electron chi connectivity index (χ1n) is 9.40. The van der Waals surface area contributed by atoms with E-state index in [0.29, 0.717) is 0 Å². The summed E-state index contributed by atoms with van der Waals surface area (Å²) in [5.74, 6) is 0. The van der Waals surface area contributed by atoms with Gasteiger partial charge in [-0.2, -0.15) is 0 Å². The lowest BCUT2D eigenvalue weighted by molar-refractivity contribution is -0.371. The Morgan fingerprint density at radius 2 is 1.23 bits per heavy atom. The van der Waals surface area contributed by atoms with Gasteiger partial charge in [0.1, 0.15) is 61.0 Å². The molecule has 3 saturated heterocycles. The van der Waals surface area contributed by atoms with Crippen LogP contribution in [0.4, 0.5) is 0 Å². The van der Waals surface area contributed by atoms with Crippen molar-refractivity contribution in [2.75, 3.05) is 19.8 Å². The number of aliphatic hydroxyl groups is 9. The average Bonchev–Trinajstić information content (AvgIpc) is 2.73. The first kappa shape index (κ1) is 24.1. The minimum absolute atomic E-state index is 0.382. The maximum atomic E-state index is 10.3. The summed E-state index contributed by atoms with van der Waals surface area (Å²) in [6.07, 6.45) is -20.3. The maximum Gasteiger partial charge on any atom is 0.187 e. The Labute approximate surface area is 170 Å². The lowest BCUT2D eigenvalue weighted by Gasteiger charge is -2.45. The van der Waals surface area contributed by atoms with Crippen LogP contribution in [0, 0.1) is 0 Å². The fourth-order valence-electron chi connectivity index (χ4n) is 3.47. The molecule has 0 aliphatic carbocycles. The molecule has 0 aromatic rings. The third-order valence-electron chi connectivity index (χ3n) is 5.31. The second kappa shape index (κ2) is 9.93. The smallest absolute Gasteiger partial charge is 0.187 e. The molecule has 3 heterocycles. The number of hydrogen-bond donors (Lipinski definition) is 9. The van der Waals surface area contributed by atoms with E-state index >= 15 is 0 Å². The second-order valence-electron chi connectivity index (χ2n) is 7.44. The Hall–Kier alpha value is -0.560. The maximum absolute atomic E-state index is 10.3. The lowest BCUT2D eigenvalue weighted by Crippen LogP contribution is -2.64. The van der Waals surface area contributed by atoms with Gasteiger partial charge in [0.05, 0.1) is 19.8 Å². The summed E-state index contributed by atoms with van der Waals surface area (Å²) in [6.45, 7) is -1.49. The Morgan fingerprint density at radius 1 is 0.633 bits per heavy atom. The highest BCUT2D eigenvalue weighted by Crippen LogP contribution is 2.29. The molecule has 3 aliphatic rings. The monoisotopic (exact) mass is 444 g/mol. The number of ether oxygens (including phenoxy) is 5. The molecule has 30 heavy (non-hydrogen) atoms. The van der Waals surface area contributed by atoms with Crippen molar-refractivity contribution in [2.24, 2.45) is 0 Å². The van der Waals surface area contributed by atoms with E-state index in [4.69, 9.17) is 23.7 Å². The van der Waals surface area contributed by atoms with Crippen molar-refractivity contribution in [1.82, 2.24) is 0 Å². The molecule has 0 amide bonds. The van der Waals surface area contributed by atoms with Crippen LogP contribution >= 0.6 is 0 Å². The summed E-state index contributed by atoms with van der Waals surface area (Å²) in [5.41, 5.74) is 0. The third-order valence-corrected chi connectivity index (χ3v) is 5.31. The van der Waals surface area contributed by atoms with E-state index in [0.717, 1.165) is 0 Å². The molecule has 0 saturated carbocycles. The fourth-order valence-corrected chi connectivity index (χ4v) is 3.47. The zero-order valence-corrected chi connectivity index (χ0v) is 15.7. The molecule has 9 N–H and O–H groups in total. The molecule has 14 nitrogen and oxygen atoms in total. The van der Waals surface area contributed by atoms with Gasteiger partial charge in [0.15, 0.2) is 18.9 Å². The molecule has 3 fully saturated rings. The van der Waals surface area contributed by atoms with Gasteiger partial charge in [0.2, 0.25) is 0 Å². The van der Waals surface area contributed by atoms with Crippen LogP contribution in [0.2, 0.25) is 0 Å². The topological polar surface area (TPSA) is 228 Å². The van der Waals surface area contributed by atoms with Gasteiger partial charge in [-0.1, -0.05) is 0 Å². The van der Waals surface area contributed by atoms with Gasteiger partial charge in [0, 0.05) is 0 Å². The summed E-state index contributed by atoms with van der Waals surface area (Å²) in [5, 5.41) is 88.9. The van der Waals surface area contributed by atoms with Crippen molar-refractivity contribution >= 4 is 0 Å². The summed E-state index contributed by atoms with van der Waals surface area (Å²) < 4.78 is 26.2. The molecule has 3 aliphatic heterocycles. The van der Waals surface area contributed by atoms with Gasteiger partial charge in [-0.15, -0.1) is 0 Å². The van der Waals surface area contributed by atoms with Crippen molar-refractivity contribution in [2.45, 2.75) is 79.9 Å². The van der Waals surface area contributed by atoms with Gasteiger partial charge in [-0.3, -0.25) is 0 Å². The van der Waals surface area contributed by atoms with Crippen LogP contribution in [-0.2, 0) is 23.7 Å². The first-order chi connectivity index (χ1) is 14.1. The zero-order chi connectivity index (χ0) is 22.2. The molecule has 3 rings (SSSR count). The summed E-state index contributed by atoms with van der Waals surface area (Å²) in [7, 11) is 0. The van der Waals surface area contributed by atoms with Gasteiger partial charge in [0.25, 0.3) is 0 Å². The van der Waals surface area contributed by atoms with E-state index < -0.39 is 93.1 Å². The minimum Gasteiger partial charge on any atom is -0.394 e. The van der Waals surface area contributed by atoms with Crippen molar-refractivity contribution < 1.29 is 69.6 Å². The summed E-state index contributed by atoms with van der Waals surface area (Å²) in [4.78, 5) is 0. The molecule has 0 aromatic heterocycles. The molecule has 13 atom stereocenters. The van der Waals surface area contributed by atoms with Crippen molar-refractivity contribution in [3.8, 4) is 0 Å². The fraction of sp³-hybridized carbons (Fsp3) is 1.00. The molecular weight excluding hydrogens is 416 g/mol. The molecule has 176 valence electrons. The largest absolute Gasteiger partial charge is 0.394 e. The van der Waals surface area contributed by atoms with E-state index in [1.807, 2.05) is 0 Å². The Bertz CT molecular complexity index is 550. The average molecular weight is 444 g/mol. The van der Waals surface area contributed by atoms with Crippen LogP contribution < -0.4 is 0 Å². The van der Waals surface area contributed by atoms with E-state index in [-0.39, 0.29) is 6.61 Å². The SMILES string of the molecule is OC[C@H]1O[C@@H](O[C@@H]2[C@@H](O[C@@H]3OC[C@H](O)[C@H](O)[C@H]3O)[C@H](O)OC[C@@H]2O)[C@H](O)[C@@H](O)[C@@H]1O. The second-order valence-corrected chi connectivity index (χ2v) is 7.44. The normalized spacial score (nSPS) is 52.9. The van der Waals surface area contributed by atoms with Crippen LogP contribution in [0.25, 0.3) is 0 Å². The third kappa shape index (κ3) is 4.77. The van der Waals surface area contributed by atoms with Crippen molar-refractivity contribution in [3.05, 3.63) is 0 Å². The lowest BCUT2D eigenvalue weighted by atomic mass is 9.98. The highest BCUT2D eigenvalue weighted by Gasteiger charge is 2.50. The van der Waals surface area contributed by atoms with Gasteiger partial charge >= 0.3 is 0 Å². The van der Waals surface area contributed by atoms with Crippen molar-refractivity contribution in [1.29, 1.82) is 0 Å². The van der Waals surface area contributed by atoms with Crippen LogP contribution in [-0.4, -0.2) is 146 Å². The number of rotatable bonds is 5. The van der Waals surface area contributed by atoms with E-state index in [1.165, 1.54) is 0 Å². The number of hydrogen-bond acceptors (Lipinski definition) is 14. The quantitative estimate of drug-likeness (QED) is 0.192. The van der Waals surface area contributed by atoms with Gasteiger partial charge < -0.3 is 69.6 Å². The van der Waals surface area contributed by atoms with Crippen LogP contribution in [0.3, 0.4) is 0 Å². The summed E-state index contributed by atoms with van der Waals surface area (Å²) >= 11 is 0. The van der Waals surface area contributed by atoms with E-state index in [1.54, 1.807) is 0 Å². The zero-order valence-electron chi connectivity index (χ0n) is 15.7. The Morgan fingerprint density at radius 3 is 1.90 bits per heavy atom. The van der Waals surface area contributed by atoms with E-state index in [9.17, 15) is 46.0 Å². The molecule has 0 radical (unpaired) electrons.